The third kappa shape index (κ3) is 4.48. The van der Waals surface area contributed by atoms with E-state index in [-0.39, 0.29) is 30.3 Å². The van der Waals surface area contributed by atoms with E-state index in [9.17, 15) is 9.59 Å². The number of benzene rings is 3. The first-order valence-corrected chi connectivity index (χ1v) is 10.8. The van der Waals surface area contributed by atoms with E-state index in [0.29, 0.717) is 22.9 Å². The molecular weight excluding hydrogens is 426 g/mol. The maximum Gasteiger partial charge on any atom is 0.306 e. The molecule has 2 atom stereocenters. The fraction of sp³-hybridized carbons (Fsp3) is 0.231. The number of esters is 1. The second-order valence-corrected chi connectivity index (χ2v) is 8.24. The van der Waals surface area contributed by atoms with Crippen molar-refractivity contribution in [3.05, 3.63) is 94.5 Å². The Kier molecular flexibility index (Phi) is 6.47. The molecule has 3 aromatic carbocycles. The number of nitrogens with zero attached hydrogens (tertiary/aromatic N) is 1. The Morgan fingerprint density at radius 3 is 2.41 bits per heavy atom. The molecule has 0 N–H and O–H groups in total. The third-order valence-electron chi connectivity index (χ3n) is 5.82. The molecule has 0 spiro atoms. The van der Waals surface area contributed by atoms with Gasteiger partial charge in [-0.25, -0.2) is 0 Å². The van der Waals surface area contributed by atoms with Crippen LogP contribution in [0.3, 0.4) is 0 Å². The highest BCUT2D eigenvalue weighted by Crippen LogP contribution is 2.45. The zero-order valence-electron chi connectivity index (χ0n) is 18.0. The maximum absolute atomic E-state index is 13.4. The zero-order valence-corrected chi connectivity index (χ0v) is 18.7. The molecule has 1 aliphatic rings. The lowest BCUT2D eigenvalue weighted by molar-refractivity contribution is -0.141. The van der Waals surface area contributed by atoms with Crippen LogP contribution in [-0.2, 0) is 16.1 Å². The topological polar surface area (TPSA) is 55.8 Å². The highest BCUT2D eigenvalue weighted by atomic mass is 35.5. The predicted octanol–water partition coefficient (Wildman–Crippen LogP) is 5.61. The van der Waals surface area contributed by atoms with Gasteiger partial charge in [0, 0.05) is 28.2 Å². The molecule has 164 valence electrons. The molecule has 1 amide bonds. The number of carbonyl (C=O) groups excluding carboxylic acids is 2. The van der Waals surface area contributed by atoms with Gasteiger partial charge in [0.15, 0.2) is 0 Å². The molecule has 0 saturated carbocycles. The van der Waals surface area contributed by atoms with Crippen LogP contribution in [0.1, 0.15) is 40.7 Å². The fourth-order valence-electron chi connectivity index (χ4n) is 4.11. The average molecular weight is 450 g/mol. The Balaban J connectivity index is 1.65. The van der Waals surface area contributed by atoms with Gasteiger partial charge in [-0.3, -0.25) is 9.59 Å². The van der Waals surface area contributed by atoms with Crippen LogP contribution in [0.15, 0.2) is 72.8 Å². The van der Waals surface area contributed by atoms with Crippen LogP contribution in [0.25, 0.3) is 0 Å². The number of amides is 1. The van der Waals surface area contributed by atoms with Gasteiger partial charge >= 0.3 is 5.97 Å². The van der Waals surface area contributed by atoms with Gasteiger partial charge in [-0.05, 0) is 60.5 Å². The fourth-order valence-corrected chi connectivity index (χ4v) is 4.23. The number of carbonyl (C=O) groups is 2. The second kappa shape index (κ2) is 9.45. The van der Waals surface area contributed by atoms with Crippen molar-refractivity contribution in [1.29, 1.82) is 0 Å². The van der Waals surface area contributed by atoms with E-state index in [4.69, 9.17) is 21.1 Å². The first-order chi connectivity index (χ1) is 15.5. The normalized spacial score (nSPS) is 17.0. The summed E-state index contributed by atoms with van der Waals surface area (Å²) in [6.07, 6.45) is 0.178. The molecule has 0 aliphatic carbocycles. The number of methoxy groups -OCH3 is 1. The number of ether oxygens (including phenoxy) is 2. The van der Waals surface area contributed by atoms with E-state index in [1.807, 2.05) is 55.5 Å². The number of hydrogen-bond donors (Lipinski definition) is 0. The zero-order chi connectivity index (χ0) is 22.7. The molecule has 0 radical (unpaired) electrons. The molecule has 2 unspecified atom stereocenters. The Bertz CT molecular complexity index is 1110. The van der Waals surface area contributed by atoms with Gasteiger partial charge < -0.3 is 14.4 Å². The van der Waals surface area contributed by atoms with Crippen molar-refractivity contribution in [2.75, 3.05) is 12.0 Å². The van der Waals surface area contributed by atoms with Crippen molar-refractivity contribution < 1.29 is 19.1 Å². The molecule has 0 saturated heterocycles. The monoisotopic (exact) mass is 449 g/mol. The summed E-state index contributed by atoms with van der Waals surface area (Å²) in [5, 5.41) is 0.570. The summed E-state index contributed by atoms with van der Waals surface area (Å²) in [4.78, 5) is 27.2. The van der Waals surface area contributed by atoms with Crippen LogP contribution in [0, 0.1) is 0 Å². The highest BCUT2D eigenvalue weighted by molar-refractivity contribution is 6.30. The van der Waals surface area contributed by atoms with Crippen molar-refractivity contribution in [3.8, 4) is 5.75 Å². The minimum absolute atomic E-state index is 0.138. The quantitative estimate of drug-likeness (QED) is 0.458. The first kappa shape index (κ1) is 21.9. The van der Waals surface area contributed by atoms with E-state index in [1.54, 1.807) is 29.2 Å². The minimum atomic E-state index is -0.316. The number of hydrogen-bond acceptors (Lipinski definition) is 4. The Morgan fingerprint density at radius 1 is 1.00 bits per heavy atom. The molecule has 6 heteroatoms. The molecule has 0 fully saturated rings. The van der Waals surface area contributed by atoms with Crippen molar-refractivity contribution in [1.82, 2.24) is 0 Å². The van der Waals surface area contributed by atoms with E-state index >= 15 is 0 Å². The third-order valence-corrected chi connectivity index (χ3v) is 6.07. The van der Waals surface area contributed by atoms with Crippen LogP contribution in [-0.4, -0.2) is 25.0 Å². The lowest BCUT2D eigenvalue weighted by Crippen LogP contribution is -2.37. The summed E-state index contributed by atoms with van der Waals surface area (Å²) in [5.74, 6) is 0.0365. The Morgan fingerprint density at radius 2 is 1.72 bits per heavy atom. The lowest BCUT2D eigenvalue weighted by Gasteiger charge is -2.25. The highest BCUT2D eigenvalue weighted by Gasteiger charge is 2.40. The summed E-state index contributed by atoms with van der Waals surface area (Å²) in [7, 11) is 1.37. The molecule has 5 nitrogen and oxygen atoms in total. The van der Waals surface area contributed by atoms with Crippen molar-refractivity contribution >= 4 is 29.2 Å². The Hall–Kier alpha value is -3.31. The smallest absolute Gasteiger partial charge is 0.306 e. The predicted molar refractivity (Wildman–Crippen MR) is 124 cm³/mol. The van der Waals surface area contributed by atoms with E-state index in [2.05, 4.69) is 0 Å². The van der Waals surface area contributed by atoms with Gasteiger partial charge in [0.05, 0.1) is 13.5 Å². The number of rotatable bonds is 6. The molecule has 0 aromatic heterocycles. The lowest BCUT2D eigenvalue weighted by atomic mass is 9.92. The van der Waals surface area contributed by atoms with Gasteiger partial charge in [0.1, 0.15) is 12.4 Å². The molecule has 32 heavy (non-hydrogen) atoms. The summed E-state index contributed by atoms with van der Waals surface area (Å²) in [5.41, 5.74) is 3.27. The largest absolute Gasteiger partial charge is 0.489 e. The van der Waals surface area contributed by atoms with Gasteiger partial charge in [-0.2, -0.15) is 0 Å². The number of fused-ring (bicyclic) bond motifs is 1. The second-order valence-electron chi connectivity index (χ2n) is 7.80. The molecule has 3 aromatic rings. The van der Waals surface area contributed by atoms with Crippen molar-refractivity contribution in [2.45, 2.75) is 31.9 Å². The summed E-state index contributed by atoms with van der Waals surface area (Å²) < 4.78 is 10.9. The summed E-state index contributed by atoms with van der Waals surface area (Å²) >= 11 is 5.98. The average Bonchev–Trinajstić information content (AvgIpc) is 3.09. The SMILES string of the molecule is COC(=O)CC1c2cc(OCc3ccccc3)ccc2N(C(=O)c2ccc(Cl)cc2)C1C. The minimum Gasteiger partial charge on any atom is -0.489 e. The van der Waals surface area contributed by atoms with E-state index < -0.39 is 0 Å². The van der Waals surface area contributed by atoms with Gasteiger partial charge in [-0.15, -0.1) is 0 Å². The number of halogens is 1. The number of anilines is 1. The van der Waals surface area contributed by atoms with Gasteiger partial charge in [0.25, 0.3) is 5.91 Å². The van der Waals surface area contributed by atoms with Crippen molar-refractivity contribution in [2.24, 2.45) is 0 Å². The summed E-state index contributed by atoms with van der Waals surface area (Å²) in [6, 6.07) is 22.2. The Labute approximate surface area is 192 Å². The van der Waals surface area contributed by atoms with Crippen LogP contribution < -0.4 is 9.64 Å². The first-order valence-electron chi connectivity index (χ1n) is 10.4. The van der Waals surface area contributed by atoms with Crippen LogP contribution in [0.4, 0.5) is 5.69 Å². The summed E-state index contributed by atoms with van der Waals surface area (Å²) in [6.45, 7) is 2.39. The molecule has 0 bridgehead atoms. The van der Waals surface area contributed by atoms with Gasteiger partial charge in [0.2, 0.25) is 0 Å². The van der Waals surface area contributed by atoms with E-state index in [1.165, 1.54) is 7.11 Å². The van der Waals surface area contributed by atoms with Gasteiger partial charge in [-0.1, -0.05) is 41.9 Å². The standard InChI is InChI=1S/C26H24ClNO4/c1-17-22(15-25(29)31-2)23-14-21(32-16-18-6-4-3-5-7-18)12-13-24(23)28(17)26(30)19-8-10-20(27)11-9-19/h3-14,17,22H,15-16H2,1-2H3. The maximum atomic E-state index is 13.4. The van der Waals surface area contributed by atoms with Crippen LogP contribution in [0.5, 0.6) is 5.75 Å². The van der Waals surface area contributed by atoms with Crippen LogP contribution in [0.2, 0.25) is 5.02 Å². The van der Waals surface area contributed by atoms with E-state index in [0.717, 1.165) is 16.8 Å². The van der Waals surface area contributed by atoms with Crippen molar-refractivity contribution in [3.63, 3.8) is 0 Å². The molecule has 1 heterocycles. The molecule has 1 aliphatic heterocycles. The molecule has 4 rings (SSSR count). The van der Waals surface area contributed by atoms with Crippen LogP contribution >= 0.6 is 11.6 Å². The molecular formula is C26H24ClNO4.